The quantitative estimate of drug-likeness (QED) is 0.749. The van der Waals surface area contributed by atoms with Gasteiger partial charge in [-0.2, -0.15) is 18.3 Å². The van der Waals surface area contributed by atoms with Crippen molar-refractivity contribution < 1.29 is 13.2 Å². The van der Waals surface area contributed by atoms with Crippen LogP contribution in [0.4, 0.5) is 19.0 Å². The summed E-state index contributed by atoms with van der Waals surface area (Å²) in [7, 11) is 0. The van der Waals surface area contributed by atoms with E-state index in [2.05, 4.69) is 15.4 Å². The Hall–Kier alpha value is -2.54. The molecular formula is C16H12ClF3N4. The van der Waals surface area contributed by atoms with E-state index in [0.717, 1.165) is 23.5 Å². The Morgan fingerprint density at radius 1 is 1.17 bits per heavy atom. The highest BCUT2D eigenvalue weighted by Gasteiger charge is 2.31. The van der Waals surface area contributed by atoms with Crippen LogP contribution in [0.25, 0.3) is 5.69 Å². The summed E-state index contributed by atoms with van der Waals surface area (Å²) >= 11 is 5.86. The Morgan fingerprint density at radius 2 is 1.92 bits per heavy atom. The summed E-state index contributed by atoms with van der Waals surface area (Å²) in [6, 6.07) is 10.3. The van der Waals surface area contributed by atoms with Crippen LogP contribution in [-0.4, -0.2) is 14.8 Å². The summed E-state index contributed by atoms with van der Waals surface area (Å²) in [4.78, 5) is 3.74. The Kier molecular flexibility index (Phi) is 4.44. The molecule has 0 saturated heterocycles. The van der Waals surface area contributed by atoms with Gasteiger partial charge in [-0.05, 0) is 29.8 Å². The Balaban J connectivity index is 1.67. The van der Waals surface area contributed by atoms with E-state index >= 15 is 0 Å². The van der Waals surface area contributed by atoms with E-state index in [-0.39, 0.29) is 10.8 Å². The molecule has 0 aliphatic rings. The molecule has 0 atom stereocenters. The van der Waals surface area contributed by atoms with Crippen LogP contribution in [0.2, 0.25) is 5.02 Å². The molecule has 0 bridgehead atoms. The third-order valence-corrected chi connectivity index (χ3v) is 3.62. The number of hydrogen-bond donors (Lipinski definition) is 1. The topological polar surface area (TPSA) is 42.7 Å². The molecule has 3 rings (SSSR count). The van der Waals surface area contributed by atoms with Crippen LogP contribution in [-0.2, 0) is 12.7 Å². The van der Waals surface area contributed by atoms with E-state index in [1.54, 1.807) is 10.9 Å². The minimum absolute atomic E-state index is 0.0713. The van der Waals surface area contributed by atoms with Crippen molar-refractivity contribution in [2.24, 2.45) is 0 Å². The predicted octanol–water partition coefficient (Wildman–Crippen LogP) is 4.55. The molecule has 0 saturated carbocycles. The second-order valence-electron chi connectivity index (χ2n) is 5.02. The fourth-order valence-corrected chi connectivity index (χ4v) is 2.33. The first kappa shape index (κ1) is 16.3. The lowest BCUT2D eigenvalue weighted by Gasteiger charge is -2.11. The van der Waals surface area contributed by atoms with Crippen LogP contribution in [0.15, 0.2) is 55.0 Å². The Bertz CT molecular complexity index is 814. The number of anilines is 1. The lowest BCUT2D eigenvalue weighted by Crippen LogP contribution is -2.08. The average Bonchev–Trinajstić information content (AvgIpc) is 3.08. The van der Waals surface area contributed by atoms with E-state index in [1.165, 1.54) is 0 Å². The Labute approximate surface area is 140 Å². The van der Waals surface area contributed by atoms with E-state index < -0.39 is 11.7 Å². The highest BCUT2D eigenvalue weighted by molar-refractivity contribution is 6.32. The van der Waals surface area contributed by atoms with Crippen molar-refractivity contribution in [3.05, 3.63) is 71.1 Å². The van der Waals surface area contributed by atoms with Crippen LogP contribution in [0.1, 0.15) is 11.1 Å². The number of hydrogen-bond acceptors (Lipinski definition) is 3. The van der Waals surface area contributed by atoms with Gasteiger partial charge in [-0.25, -0.2) is 9.67 Å². The minimum atomic E-state index is -4.46. The molecule has 3 aromatic rings. The summed E-state index contributed by atoms with van der Waals surface area (Å²) in [5, 5.41) is 6.99. The van der Waals surface area contributed by atoms with E-state index in [0.29, 0.717) is 6.54 Å². The third-order valence-electron chi connectivity index (χ3n) is 3.33. The molecule has 0 aliphatic carbocycles. The molecule has 1 N–H and O–H groups in total. The molecule has 0 aliphatic heterocycles. The van der Waals surface area contributed by atoms with E-state index in [1.807, 2.05) is 36.5 Å². The maximum atomic E-state index is 12.6. The van der Waals surface area contributed by atoms with Gasteiger partial charge in [-0.15, -0.1) is 0 Å². The summed E-state index contributed by atoms with van der Waals surface area (Å²) < 4.78 is 39.5. The van der Waals surface area contributed by atoms with Gasteiger partial charge in [0, 0.05) is 25.1 Å². The monoisotopic (exact) mass is 352 g/mol. The normalized spacial score (nSPS) is 11.5. The fraction of sp³-hybridized carbons (Fsp3) is 0.125. The van der Waals surface area contributed by atoms with Gasteiger partial charge >= 0.3 is 6.18 Å². The Morgan fingerprint density at radius 3 is 2.50 bits per heavy atom. The van der Waals surface area contributed by atoms with Crippen LogP contribution >= 0.6 is 11.6 Å². The third kappa shape index (κ3) is 3.68. The molecular weight excluding hydrogens is 341 g/mol. The maximum Gasteiger partial charge on any atom is 0.417 e. The molecule has 8 heteroatoms. The van der Waals surface area contributed by atoms with E-state index in [9.17, 15) is 13.2 Å². The number of benzene rings is 1. The van der Waals surface area contributed by atoms with Crippen molar-refractivity contribution in [2.45, 2.75) is 12.7 Å². The number of halogens is 4. The number of alkyl halides is 3. The first-order chi connectivity index (χ1) is 11.4. The molecule has 24 heavy (non-hydrogen) atoms. The van der Waals surface area contributed by atoms with Crippen molar-refractivity contribution in [2.75, 3.05) is 5.32 Å². The maximum absolute atomic E-state index is 12.6. The molecule has 2 heterocycles. The van der Waals surface area contributed by atoms with Gasteiger partial charge in [-0.1, -0.05) is 23.7 Å². The van der Waals surface area contributed by atoms with Gasteiger partial charge in [-0.3, -0.25) is 0 Å². The van der Waals surface area contributed by atoms with Crippen molar-refractivity contribution >= 4 is 17.4 Å². The number of rotatable bonds is 4. The van der Waals surface area contributed by atoms with E-state index in [4.69, 9.17) is 11.6 Å². The van der Waals surface area contributed by atoms with Crippen molar-refractivity contribution in [3.63, 3.8) is 0 Å². The van der Waals surface area contributed by atoms with Gasteiger partial charge in [0.2, 0.25) is 0 Å². The average molecular weight is 353 g/mol. The van der Waals surface area contributed by atoms with Crippen molar-refractivity contribution in [1.82, 2.24) is 14.8 Å². The standard InChI is InChI=1S/C16H12ClF3N4/c17-14-8-12(16(18,19)20)10-22-15(14)21-9-11-2-4-13(5-3-11)24-7-1-6-23-24/h1-8,10H,9H2,(H,21,22). The van der Waals surface area contributed by atoms with Crippen molar-refractivity contribution in [1.29, 1.82) is 0 Å². The second kappa shape index (κ2) is 6.52. The molecule has 0 unspecified atom stereocenters. The van der Waals surface area contributed by atoms with Gasteiger partial charge in [0.05, 0.1) is 16.3 Å². The molecule has 0 spiro atoms. The highest BCUT2D eigenvalue weighted by Crippen LogP contribution is 2.32. The number of nitrogens with one attached hydrogen (secondary N) is 1. The van der Waals surface area contributed by atoms with Gasteiger partial charge in [0.1, 0.15) is 5.82 Å². The molecule has 0 amide bonds. The smallest absolute Gasteiger partial charge is 0.365 e. The molecule has 0 fully saturated rings. The zero-order valence-corrected chi connectivity index (χ0v) is 13.0. The summed E-state index contributed by atoms with van der Waals surface area (Å²) in [5.74, 6) is 0.209. The fourth-order valence-electron chi connectivity index (χ4n) is 2.10. The first-order valence-corrected chi connectivity index (χ1v) is 7.37. The molecule has 1 aromatic carbocycles. The first-order valence-electron chi connectivity index (χ1n) is 6.99. The number of aromatic nitrogens is 3. The summed E-state index contributed by atoms with van der Waals surface area (Å²) in [6.45, 7) is 0.386. The van der Waals surface area contributed by atoms with Crippen LogP contribution in [0, 0.1) is 0 Å². The summed E-state index contributed by atoms with van der Waals surface area (Å²) in [6.07, 6.45) is -0.181. The number of pyridine rings is 1. The largest absolute Gasteiger partial charge is 0.417 e. The van der Waals surface area contributed by atoms with Gasteiger partial charge in [0.25, 0.3) is 0 Å². The van der Waals surface area contributed by atoms with Crippen LogP contribution in [0.5, 0.6) is 0 Å². The lowest BCUT2D eigenvalue weighted by molar-refractivity contribution is -0.137. The zero-order valence-electron chi connectivity index (χ0n) is 12.3. The van der Waals surface area contributed by atoms with Gasteiger partial charge in [0.15, 0.2) is 0 Å². The molecule has 4 nitrogen and oxygen atoms in total. The predicted molar refractivity (Wildman–Crippen MR) is 85.1 cm³/mol. The highest BCUT2D eigenvalue weighted by atomic mass is 35.5. The SMILES string of the molecule is FC(F)(F)c1cnc(NCc2ccc(-n3cccn3)cc2)c(Cl)c1. The summed E-state index contributed by atoms with van der Waals surface area (Å²) in [5.41, 5.74) is 0.972. The lowest BCUT2D eigenvalue weighted by atomic mass is 10.2. The number of nitrogens with zero attached hydrogens (tertiary/aromatic N) is 3. The van der Waals surface area contributed by atoms with Crippen LogP contribution < -0.4 is 5.32 Å². The second-order valence-corrected chi connectivity index (χ2v) is 5.43. The molecule has 124 valence electrons. The van der Waals surface area contributed by atoms with Crippen LogP contribution in [0.3, 0.4) is 0 Å². The zero-order chi connectivity index (χ0) is 17.2. The molecule has 2 aromatic heterocycles. The van der Waals surface area contributed by atoms with Crippen molar-refractivity contribution in [3.8, 4) is 5.69 Å². The minimum Gasteiger partial charge on any atom is -0.365 e. The van der Waals surface area contributed by atoms with Gasteiger partial charge < -0.3 is 5.32 Å². The molecule has 0 radical (unpaired) electrons.